The molecule has 0 fully saturated rings. The molecule has 0 atom stereocenters. The number of rotatable bonds is 27. The lowest BCUT2D eigenvalue weighted by Crippen LogP contribution is -2.02. The number of unbranched alkanes of at least 4 members (excludes halogenated alkanes) is 21. The molecule has 0 heterocycles. The van der Waals surface area contributed by atoms with E-state index in [1.807, 2.05) is 0 Å². The maximum atomic E-state index is 13.7. The lowest BCUT2D eigenvalue weighted by molar-refractivity contribution is 0.549. The van der Waals surface area contributed by atoms with E-state index >= 15 is 0 Å². The summed E-state index contributed by atoms with van der Waals surface area (Å²) in [5.74, 6) is 0. The molecule has 0 bridgehead atoms. The first-order valence-corrected chi connectivity index (χ1v) is 17.5. The average molecular weight is 471 g/mol. The van der Waals surface area contributed by atoms with E-state index in [9.17, 15) is 4.57 Å². The van der Waals surface area contributed by atoms with Crippen LogP contribution in [0, 0.1) is 0 Å². The lowest BCUT2D eigenvalue weighted by Gasteiger charge is -2.19. The number of hydrogen-bond donors (Lipinski definition) is 0. The maximum absolute atomic E-state index is 13.7. The van der Waals surface area contributed by atoms with Gasteiger partial charge < -0.3 is 4.57 Å². The molecule has 0 saturated heterocycles. The molecule has 194 valence electrons. The summed E-state index contributed by atoms with van der Waals surface area (Å²) in [6.45, 7) is 6.86. The quantitative estimate of drug-likeness (QED) is 0.0861. The van der Waals surface area contributed by atoms with Crippen molar-refractivity contribution in [3.63, 3.8) is 0 Å². The normalized spacial score (nSPS) is 12.0. The van der Waals surface area contributed by atoms with Gasteiger partial charge >= 0.3 is 0 Å². The highest BCUT2D eigenvalue weighted by Crippen LogP contribution is 2.48. The van der Waals surface area contributed by atoms with Gasteiger partial charge in [0.25, 0.3) is 0 Å². The van der Waals surface area contributed by atoms with E-state index in [1.54, 1.807) is 0 Å². The first-order chi connectivity index (χ1) is 15.7. The van der Waals surface area contributed by atoms with Crippen LogP contribution < -0.4 is 0 Å². The Hall–Kier alpha value is 0.230. The van der Waals surface area contributed by atoms with E-state index in [-0.39, 0.29) is 0 Å². The molecule has 2 heteroatoms. The van der Waals surface area contributed by atoms with Crippen molar-refractivity contribution in [2.45, 2.75) is 175 Å². The van der Waals surface area contributed by atoms with Crippen LogP contribution in [0.5, 0.6) is 0 Å². The summed E-state index contributed by atoms with van der Waals surface area (Å²) in [6, 6.07) is 0. The van der Waals surface area contributed by atoms with Crippen LogP contribution in [-0.2, 0) is 4.57 Å². The van der Waals surface area contributed by atoms with Crippen LogP contribution in [0.15, 0.2) is 0 Å². The standard InChI is InChI=1S/C30H63OP/c1-4-7-10-13-16-19-22-25-28-32(31,29-26-23-20-17-14-11-8-5-2)30-27-24-21-18-15-12-9-6-3/h4-30H2,1-3H3. The monoisotopic (exact) mass is 470 g/mol. The van der Waals surface area contributed by atoms with Crippen molar-refractivity contribution in [1.29, 1.82) is 0 Å². The predicted octanol–water partition coefficient (Wildman–Crippen LogP) is 11.8. The molecule has 0 saturated carbocycles. The molecule has 0 aliphatic rings. The molecular weight excluding hydrogens is 407 g/mol. The summed E-state index contributed by atoms with van der Waals surface area (Å²) in [7, 11) is -1.92. The maximum Gasteiger partial charge on any atom is 0.0877 e. The molecule has 0 aliphatic carbocycles. The third-order valence-electron chi connectivity index (χ3n) is 7.26. The van der Waals surface area contributed by atoms with Gasteiger partial charge in [-0.15, -0.1) is 0 Å². The van der Waals surface area contributed by atoms with Gasteiger partial charge in [-0.2, -0.15) is 0 Å². The summed E-state index contributed by atoms with van der Waals surface area (Å²) in [6.07, 6.45) is 35.6. The minimum Gasteiger partial charge on any atom is -0.324 e. The summed E-state index contributed by atoms with van der Waals surface area (Å²) < 4.78 is 13.7. The summed E-state index contributed by atoms with van der Waals surface area (Å²) >= 11 is 0. The Morgan fingerprint density at radius 2 is 0.500 bits per heavy atom. The van der Waals surface area contributed by atoms with Crippen molar-refractivity contribution in [1.82, 2.24) is 0 Å². The minimum absolute atomic E-state index is 1.05. The Morgan fingerprint density at radius 1 is 0.312 bits per heavy atom. The van der Waals surface area contributed by atoms with Gasteiger partial charge in [-0.3, -0.25) is 0 Å². The van der Waals surface area contributed by atoms with Crippen LogP contribution in [0.4, 0.5) is 0 Å². The third kappa shape index (κ3) is 23.4. The fourth-order valence-corrected chi connectivity index (χ4v) is 8.01. The zero-order valence-corrected chi connectivity index (χ0v) is 23.8. The SMILES string of the molecule is CCCCCCCCCCP(=O)(CCCCCCCCCC)CCCCCCCCCC. The van der Waals surface area contributed by atoms with Crippen molar-refractivity contribution in [2.75, 3.05) is 18.5 Å². The molecule has 0 unspecified atom stereocenters. The molecule has 0 N–H and O–H groups in total. The molecule has 0 radical (unpaired) electrons. The molecule has 32 heavy (non-hydrogen) atoms. The van der Waals surface area contributed by atoms with Gasteiger partial charge in [0, 0.05) is 18.5 Å². The topological polar surface area (TPSA) is 17.1 Å². The van der Waals surface area contributed by atoms with Gasteiger partial charge in [-0.25, -0.2) is 0 Å². The van der Waals surface area contributed by atoms with Crippen molar-refractivity contribution < 1.29 is 4.57 Å². The Kier molecular flexibility index (Phi) is 26.0. The Labute approximate surface area is 205 Å². The Morgan fingerprint density at radius 3 is 0.719 bits per heavy atom. The molecule has 0 amide bonds. The molecule has 0 rings (SSSR count). The van der Waals surface area contributed by atoms with Gasteiger partial charge in [0.05, 0.1) is 7.14 Å². The molecule has 1 nitrogen and oxygen atoms in total. The van der Waals surface area contributed by atoms with Gasteiger partial charge in [0.15, 0.2) is 0 Å². The second-order valence-corrected chi connectivity index (χ2v) is 14.1. The second kappa shape index (κ2) is 25.8. The van der Waals surface area contributed by atoms with Gasteiger partial charge in [-0.1, -0.05) is 156 Å². The Balaban J connectivity index is 4.06. The van der Waals surface area contributed by atoms with Crippen LogP contribution in [-0.4, -0.2) is 18.5 Å². The largest absolute Gasteiger partial charge is 0.324 e. The van der Waals surface area contributed by atoms with E-state index in [0.717, 1.165) is 18.5 Å². The molecule has 0 aromatic heterocycles. The lowest BCUT2D eigenvalue weighted by atomic mass is 10.1. The van der Waals surface area contributed by atoms with Gasteiger partial charge in [-0.05, 0) is 19.3 Å². The first-order valence-electron chi connectivity index (χ1n) is 15.3. The number of hydrogen-bond acceptors (Lipinski definition) is 1. The zero-order chi connectivity index (χ0) is 23.6. The third-order valence-corrected chi connectivity index (χ3v) is 10.7. The minimum atomic E-state index is -1.92. The highest BCUT2D eigenvalue weighted by molar-refractivity contribution is 7.63. The molecule has 0 aromatic carbocycles. The van der Waals surface area contributed by atoms with E-state index < -0.39 is 7.14 Å². The second-order valence-electron chi connectivity index (χ2n) is 10.7. The van der Waals surface area contributed by atoms with Crippen molar-refractivity contribution >= 4 is 7.14 Å². The van der Waals surface area contributed by atoms with E-state index in [0.29, 0.717) is 0 Å². The van der Waals surface area contributed by atoms with Crippen LogP contribution in [0.3, 0.4) is 0 Å². The summed E-state index contributed by atoms with van der Waals surface area (Å²) in [4.78, 5) is 0. The van der Waals surface area contributed by atoms with Crippen molar-refractivity contribution in [3.05, 3.63) is 0 Å². The fraction of sp³-hybridized carbons (Fsp3) is 1.00. The highest BCUT2D eigenvalue weighted by atomic mass is 31.2. The first kappa shape index (κ1) is 32.2. The fourth-order valence-electron chi connectivity index (χ4n) is 4.94. The van der Waals surface area contributed by atoms with Crippen LogP contribution in [0.1, 0.15) is 175 Å². The van der Waals surface area contributed by atoms with E-state index in [1.165, 1.54) is 154 Å². The van der Waals surface area contributed by atoms with Crippen molar-refractivity contribution in [3.8, 4) is 0 Å². The highest BCUT2D eigenvalue weighted by Gasteiger charge is 2.20. The van der Waals surface area contributed by atoms with Gasteiger partial charge in [0.2, 0.25) is 0 Å². The summed E-state index contributed by atoms with van der Waals surface area (Å²) in [5.41, 5.74) is 0. The van der Waals surface area contributed by atoms with E-state index in [2.05, 4.69) is 20.8 Å². The molecule has 0 aromatic rings. The smallest absolute Gasteiger partial charge is 0.0877 e. The van der Waals surface area contributed by atoms with Crippen LogP contribution in [0.2, 0.25) is 0 Å². The van der Waals surface area contributed by atoms with Crippen molar-refractivity contribution in [2.24, 2.45) is 0 Å². The summed E-state index contributed by atoms with van der Waals surface area (Å²) in [5, 5.41) is 0. The van der Waals surface area contributed by atoms with Crippen LogP contribution >= 0.6 is 7.14 Å². The molecule has 0 aliphatic heterocycles. The van der Waals surface area contributed by atoms with E-state index in [4.69, 9.17) is 0 Å². The average Bonchev–Trinajstić information content (AvgIpc) is 2.79. The van der Waals surface area contributed by atoms with Crippen LogP contribution in [0.25, 0.3) is 0 Å². The molecular formula is C30H63OP. The predicted molar refractivity (Wildman–Crippen MR) is 150 cm³/mol. The molecule has 0 spiro atoms. The zero-order valence-electron chi connectivity index (χ0n) is 22.9. The Bertz CT molecular complexity index is 335. The van der Waals surface area contributed by atoms with Gasteiger partial charge in [0.1, 0.15) is 0 Å².